The molecule has 0 aliphatic carbocycles. The van der Waals surface area contributed by atoms with Gasteiger partial charge in [-0.05, 0) is 23.9 Å². The molecule has 0 aliphatic rings. The van der Waals surface area contributed by atoms with Gasteiger partial charge in [-0.2, -0.15) is 0 Å². The van der Waals surface area contributed by atoms with Crippen molar-refractivity contribution in [2.75, 3.05) is 0 Å². The van der Waals surface area contributed by atoms with Gasteiger partial charge in [0, 0.05) is 4.88 Å². The van der Waals surface area contributed by atoms with Gasteiger partial charge in [0.05, 0.1) is 0 Å². The lowest BCUT2D eigenvalue weighted by molar-refractivity contribution is 0.568. The summed E-state index contributed by atoms with van der Waals surface area (Å²) >= 11 is 1.39. The highest BCUT2D eigenvalue weighted by Gasteiger charge is 2.41. The molecule has 2 aromatic rings. The SMILES string of the molecule is CC(c1ccccc1)(c1cccs1)S(N)(=O)=O. The molecule has 17 heavy (non-hydrogen) atoms. The van der Waals surface area contributed by atoms with Gasteiger partial charge in [0.1, 0.15) is 4.75 Å². The number of thiophene rings is 1. The molecule has 0 saturated carbocycles. The monoisotopic (exact) mass is 267 g/mol. The van der Waals surface area contributed by atoms with Crippen LogP contribution in [0.4, 0.5) is 0 Å². The predicted molar refractivity (Wildman–Crippen MR) is 70.3 cm³/mol. The van der Waals surface area contributed by atoms with Gasteiger partial charge in [-0.25, -0.2) is 13.6 Å². The molecule has 0 fully saturated rings. The van der Waals surface area contributed by atoms with Gasteiger partial charge < -0.3 is 0 Å². The Labute approximate surface area is 105 Å². The second-order valence-electron chi connectivity index (χ2n) is 3.92. The van der Waals surface area contributed by atoms with E-state index in [1.807, 2.05) is 29.6 Å². The zero-order valence-electron chi connectivity index (χ0n) is 9.33. The zero-order valence-corrected chi connectivity index (χ0v) is 11.0. The van der Waals surface area contributed by atoms with Crippen LogP contribution in [0.25, 0.3) is 0 Å². The average molecular weight is 267 g/mol. The van der Waals surface area contributed by atoms with Crippen molar-refractivity contribution in [3.63, 3.8) is 0 Å². The standard InChI is InChI=1S/C12H13NO2S2/c1-12(17(13,14)15,11-8-5-9-16-11)10-6-3-2-4-7-10/h2-9H,1H3,(H2,13,14,15). The van der Waals surface area contributed by atoms with Crippen molar-refractivity contribution >= 4 is 21.4 Å². The van der Waals surface area contributed by atoms with Crippen LogP contribution in [0, 0.1) is 0 Å². The molecule has 1 unspecified atom stereocenters. The van der Waals surface area contributed by atoms with Crippen LogP contribution in [0.3, 0.4) is 0 Å². The lowest BCUT2D eigenvalue weighted by Crippen LogP contribution is -2.38. The van der Waals surface area contributed by atoms with E-state index in [4.69, 9.17) is 5.14 Å². The summed E-state index contributed by atoms with van der Waals surface area (Å²) in [5.74, 6) is 0. The summed E-state index contributed by atoms with van der Waals surface area (Å²) < 4.78 is 22.7. The fourth-order valence-corrected chi connectivity index (χ4v) is 3.86. The second-order valence-corrected chi connectivity index (χ2v) is 6.78. The average Bonchev–Trinajstić information content (AvgIpc) is 2.81. The maximum absolute atomic E-state index is 11.9. The molecule has 3 nitrogen and oxygen atoms in total. The molecule has 1 aromatic heterocycles. The van der Waals surface area contributed by atoms with Gasteiger partial charge in [0.2, 0.25) is 10.0 Å². The van der Waals surface area contributed by atoms with E-state index in [1.54, 1.807) is 25.1 Å². The Kier molecular flexibility index (Phi) is 3.07. The predicted octanol–water partition coefficient (Wildman–Crippen LogP) is 2.30. The minimum atomic E-state index is -3.73. The number of primary sulfonamides is 1. The van der Waals surface area contributed by atoms with Crippen LogP contribution in [0.1, 0.15) is 17.4 Å². The smallest absolute Gasteiger partial charge is 0.223 e. The van der Waals surface area contributed by atoms with E-state index in [9.17, 15) is 8.42 Å². The van der Waals surface area contributed by atoms with E-state index in [0.717, 1.165) is 4.88 Å². The van der Waals surface area contributed by atoms with Crippen LogP contribution in [0.5, 0.6) is 0 Å². The second kappa shape index (κ2) is 4.25. The molecule has 1 aromatic carbocycles. The minimum Gasteiger partial charge on any atom is -0.228 e. The fraction of sp³-hybridized carbons (Fsp3) is 0.167. The van der Waals surface area contributed by atoms with Crippen molar-refractivity contribution in [3.8, 4) is 0 Å². The van der Waals surface area contributed by atoms with Gasteiger partial charge in [0.15, 0.2) is 0 Å². The Bertz CT molecular complexity index is 591. The molecular formula is C12H13NO2S2. The summed E-state index contributed by atoms with van der Waals surface area (Å²) in [4.78, 5) is 0.728. The topological polar surface area (TPSA) is 60.2 Å². The third-order valence-corrected chi connectivity index (χ3v) is 5.70. The number of hydrogen-bond donors (Lipinski definition) is 1. The van der Waals surface area contributed by atoms with Crippen molar-refractivity contribution in [2.24, 2.45) is 5.14 Å². The zero-order chi connectivity index (χ0) is 12.5. The molecule has 0 radical (unpaired) electrons. The highest BCUT2D eigenvalue weighted by Crippen LogP contribution is 2.38. The molecule has 0 spiro atoms. The van der Waals surface area contributed by atoms with Crippen molar-refractivity contribution in [2.45, 2.75) is 11.7 Å². The summed E-state index contributed by atoms with van der Waals surface area (Å²) in [5.41, 5.74) is 0.685. The maximum Gasteiger partial charge on any atom is 0.223 e. The largest absolute Gasteiger partial charge is 0.228 e. The molecule has 2 N–H and O–H groups in total. The van der Waals surface area contributed by atoms with Gasteiger partial charge in [0.25, 0.3) is 0 Å². The van der Waals surface area contributed by atoms with Crippen LogP contribution < -0.4 is 5.14 Å². The highest BCUT2D eigenvalue weighted by atomic mass is 32.2. The number of hydrogen-bond acceptors (Lipinski definition) is 3. The molecule has 0 aliphatic heterocycles. The summed E-state index contributed by atoms with van der Waals surface area (Å²) in [7, 11) is -3.73. The summed E-state index contributed by atoms with van der Waals surface area (Å²) in [6.45, 7) is 1.64. The Morgan fingerprint density at radius 3 is 2.24 bits per heavy atom. The molecule has 1 heterocycles. The van der Waals surface area contributed by atoms with Crippen LogP contribution in [0.15, 0.2) is 47.8 Å². The Hall–Kier alpha value is -1.17. The number of rotatable bonds is 3. The van der Waals surface area contributed by atoms with Crippen LogP contribution in [0.2, 0.25) is 0 Å². The maximum atomic E-state index is 11.9. The first-order chi connectivity index (χ1) is 7.96. The molecule has 2 rings (SSSR count). The fourth-order valence-electron chi connectivity index (χ4n) is 1.75. The van der Waals surface area contributed by atoms with Crippen LogP contribution in [-0.2, 0) is 14.8 Å². The van der Waals surface area contributed by atoms with Gasteiger partial charge in [-0.3, -0.25) is 0 Å². The van der Waals surface area contributed by atoms with Crippen LogP contribution in [-0.4, -0.2) is 8.42 Å². The van der Waals surface area contributed by atoms with E-state index in [2.05, 4.69) is 0 Å². The van der Waals surface area contributed by atoms with E-state index >= 15 is 0 Å². The first-order valence-corrected chi connectivity index (χ1v) is 7.50. The number of sulfonamides is 1. The molecule has 0 amide bonds. The minimum absolute atomic E-state index is 0.685. The molecule has 5 heteroatoms. The summed E-state index contributed by atoms with van der Waals surface area (Å²) in [6, 6.07) is 12.7. The lowest BCUT2D eigenvalue weighted by atomic mass is 9.98. The Morgan fingerprint density at radius 2 is 1.76 bits per heavy atom. The van der Waals surface area contributed by atoms with Crippen molar-refractivity contribution in [1.29, 1.82) is 0 Å². The van der Waals surface area contributed by atoms with Gasteiger partial charge in [-0.1, -0.05) is 36.4 Å². The van der Waals surface area contributed by atoms with E-state index in [1.165, 1.54) is 11.3 Å². The normalized spacial score (nSPS) is 15.4. The molecule has 90 valence electrons. The van der Waals surface area contributed by atoms with E-state index in [-0.39, 0.29) is 0 Å². The molecular weight excluding hydrogens is 254 g/mol. The van der Waals surface area contributed by atoms with E-state index in [0.29, 0.717) is 5.56 Å². The summed E-state index contributed by atoms with van der Waals surface area (Å²) in [6.07, 6.45) is 0. The highest BCUT2D eigenvalue weighted by molar-refractivity contribution is 7.90. The van der Waals surface area contributed by atoms with Gasteiger partial charge >= 0.3 is 0 Å². The summed E-state index contributed by atoms with van der Waals surface area (Å²) in [5, 5.41) is 7.27. The third kappa shape index (κ3) is 2.01. The lowest BCUT2D eigenvalue weighted by Gasteiger charge is -2.26. The van der Waals surface area contributed by atoms with Crippen molar-refractivity contribution in [1.82, 2.24) is 0 Å². The van der Waals surface area contributed by atoms with Crippen LogP contribution >= 0.6 is 11.3 Å². The third-order valence-electron chi connectivity index (χ3n) is 2.89. The Morgan fingerprint density at radius 1 is 1.12 bits per heavy atom. The molecule has 0 saturated heterocycles. The van der Waals surface area contributed by atoms with Gasteiger partial charge in [-0.15, -0.1) is 11.3 Å². The molecule has 1 atom stereocenters. The van der Waals surface area contributed by atoms with Crippen molar-refractivity contribution < 1.29 is 8.42 Å². The Balaban J connectivity index is 2.70. The quantitative estimate of drug-likeness (QED) is 0.927. The van der Waals surface area contributed by atoms with E-state index < -0.39 is 14.8 Å². The number of nitrogens with two attached hydrogens (primary N) is 1. The first-order valence-electron chi connectivity index (χ1n) is 5.08. The number of benzene rings is 1. The first kappa shape index (κ1) is 12.3. The van der Waals surface area contributed by atoms with Crippen molar-refractivity contribution in [3.05, 3.63) is 58.3 Å². The molecule has 0 bridgehead atoms.